The van der Waals surface area contributed by atoms with Crippen LogP contribution in [0.15, 0.2) is 6.20 Å². The predicted octanol–water partition coefficient (Wildman–Crippen LogP) is 0.00861. The van der Waals surface area contributed by atoms with Crippen LogP contribution in [-0.2, 0) is 9.84 Å². The van der Waals surface area contributed by atoms with Gasteiger partial charge in [-0.25, -0.2) is 13.4 Å². The lowest BCUT2D eigenvalue weighted by atomic mass is 10.5. The van der Waals surface area contributed by atoms with Gasteiger partial charge in [-0.15, -0.1) is 0 Å². The maximum Gasteiger partial charge on any atom is 0.316 e. The molecule has 5 nitrogen and oxygen atoms in total. The second kappa shape index (κ2) is 4.36. The Morgan fingerprint density at radius 3 is 2.86 bits per heavy atom. The minimum absolute atomic E-state index is 0.0337. The molecule has 0 bridgehead atoms. The van der Waals surface area contributed by atoms with Crippen LogP contribution in [0.5, 0.6) is 6.01 Å². The lowest BCUT2D eigenvalue weighted by molar-refractivity contribution is 0.312. The van der Waals surface area contributed by atoms with Crippen LogP contribution in [0.2, 0.25) is 0 Å². The van der Waals surface area contributed by atoms with Crippen LogP contribution >= 0.6 is 0 Å². The van der Waals surface area contributed by atoms with Crippen molar-refractivity contribution in [3.8, 4) is 6.01 Å². The second-order valence-electron chi connectivity index (χ2n) is 2.86. The van der Waals surface area contributed by atoms with E-state index in [-0.39, 0.29) is 18.4 Å². The Morgan fingerprint density at radius 2 is 2.29 bits per heavy atom. The highest BCUT2D eigenvalue weighted by molar-refractivity contribution is 7.90. The number of rotatable bonds is 4. The first-order chi connectivity index (χ1) is 6.47. The summed E-state index contributed by atoms with van der Waals surface area (Å²) in [6.45, 7) is 1.83. The van der Waals surface area contributed by atoms with Crippen LogP contribution in [0.3, 0.4) is 0 Å². The molecule has 0 spiro atoms. The van der Waals surface area contributed by atoms with E-state index in [0.29, 0.717) is 5.69 Å². The van der Waals surface area contributed by atoms with Crippen molar-refractivity contribution in [2.45, 2.75) is 6.92 Å². The van der Waals surface area contributed by atoms with E-state index >= 15 is 0 Å². The van der Waals surface area contributed by atoms with Gasteiger partial charge < -0.3 is 4.74 Å². The largest absolute Gasteiger partial charge is 0.462 e. The number of hydrogen-bond donors (Lipinski definition) is 0. The number of aromatic nitrogens is 2. The highest BCUT2D eigenvalue weighted by Gasteiger charge is 2.03. The van der Waals surface area contributed by atoms with Gasteiger partial charge in [0, 0.05) is 18.5 Å². The van der Waals surface area contributed by atoms with Gasteiger partial charge in [0.05, 0.1) is 11.4 Å². The zero-order chi connectivity index (χ0) is 10.6. The summed E-state index contributed by atoms with van der Waals surface area (Å²) in [5.41, 5.74) is 0.661. The van der Waals surface area contributed by atoms with E-state index < -0.39 is 9.84 Å². The van der Waals surface area contributed by atoms with Crippen molar-refractivity contribution in [3.63, 3.8) is 0 Å². The van der Waals surface area contributed by atoms with Gasteiger partial charge in [-0.3, -0.25) is 0 Å². The summed E-state index contributed by atoms with van der Waals surface area (Å²) in [7, 11) is -2.99. The summed E-state index contributed by atoms with van der Waals surface area (Å²) >= 11 is 0. The Kier molecular flexibility index (Phi) is 3.40. The molecule has 6 heteroatoms. The third-order valence-electron chi connectivity index (χ3n) is 1.40. The molecule has 0 amide bonds. The molecule has 0 N–H and O–H groups in total. The molecule has 0 fully saturated rings. The Balaban J connectivity index is 2.47. The van der Waals surface area contributed by atoms with Crippen LogP contribution in [0.25, 0.3) is 0 Å². The topological polar surface area (TPSA) is 69.2 Å². The van der Waals surface area contributed by atoms with Crippen molar-refractivity contribution in [2.24, 2.45) is 0 Å². The first-order valence-corrected chi connectivity index (χ1v) is 6.05. The highest BCUT2D eigenvalue weighted by Crippen LogP contribution is 2.00. The lowest BCUT2D eigenvalue weighted by Crippen LogP contribution is -2.13. The molecule has 0 saturated carbocycles. The maximum absolute atomic E-state index is 10.8. The summed E-state index contributed by atoms with van der Waals surface area (Å²) in [5, 5.41) is 0. The van der Waals surface area contributed by atoms with Gasteiger partial charge in [-0.2, -0.15) is 4.98 Å². The molecular formula is C8H11N2O3S. The summed E-state index contributed by atoms with van der Waals surface area (Å²) < 4.78 is 26.6. The Morgan fingerprint density at radius 1 is 1.57 bits per heavy atom. The summed E-state index contributed by atoms with van der Waals surface area (Å²) in [5.74, 6) is -0.0337. The van der Waals surface area contributed by atoms with Crippen LogP contribution in [0.1, 0.15) is 5.69 Å². The van der Waals surface area contributed by atoms with E-state index in [1.165, 1.54) is 6.20 Å². The molecule has 0 aromatic carbocycles. The molecule has 0 unspecified atom stereocenters. The number of hydrogen-bond acceptors (Lipinski definition) is 5. The molecule has 0 saturated heterocycles. The van der Waals surface area contributed by atoms with Crippen LogP contribution in [-0.4, -0.2) is 37.0 Å². The van der Waals surface area contributed by atoms with Gasteiger partial charge in [-0.1, -0.05) is 0 Å². The Labute approximate surface area is 83.1 Å². The maximum atomic E-state index is 10.8. The van der Waals surface area contributed by atoms with E-state index in [0.717, 1.165) is 6.26 Å². The van der Waals surface area contributed by atoms with Crippen molar-refractivity contribution in [2.75, 3.05) is 18.6 Å². The molecule has 0 aliphatic carbocycles. The molecule has 0 aliphatic heterocycles. The van der Waals surface area contributed by atoms with Crippen LogP contribution in [0, 0.1) is 13.0 Å². The highest BCUT2D eigenvalue weighted by atomic mass is 32.2. The smallest absolute Gasteiger partial charge is 0.316 e. The molecular weight excluding hydrogens is 204 g/mol. The fourth-order valence-corrected chi connectivity index (χ4v) is 1.13. The minimum Gasteiger partial charge on any atom is -0.462 e. The number of ether oxygens (including phenoxy) is 1. The molecule has 0 atom stereocenters. The second-order valence-corrected chi connectivity index (χ2v) is 5.12. The normalized spacial score (nSPS) is 11.3. The van der Waals surface area contributed by atoms with Crippen molar-refractivity contribution in [1.82, 2.24) is 9.97 Å². The van der Waals surface area contributed by atoms with Crippen LogP contribution < -0.4 is 4.74 Å². The van der Waals surface area contributed by atoms with Crippen molar-refractivity contribution in [3.05, 3.63) is 18.0 Å². The molecule has 1 rings (SSSR count). The van der Waals surface area contributed by atoms with E-state index in [1.54, 1.807) is 6.92 Å². The molecule has 1 aromatic heterocycles. The molecule has 1 aromatic rings. The standard InChI is InChI=1S/C8H11N2O3S/c1-7-3-4-9-8(10-7)13-5-6-14(2,11)12/h4H,5-6H2,1-2H3. The zero-order valence-electron chi connectivity index (χ0n) is 8.02. The zero-order valence-corrected chi connectivity index (χ0v) is 8.84. The van der Waals surface area contributed by atoms with Crippen molar-refractivity contribution < 1.29 is 13.2 Å². The van der Waals surface area contributed by atoms with Gasteiger partial charge in [0.25, 0.3) is 0 Å². The average Bonchev–Trinajstić information content (AvgIpc) is 2.01. The van der Waals surface area contributed by atoms with Crippen LogP contribution in [0.4, 0.5) is 0 Å². The van der Waals surface area contributed by atoms with E-state index in [9.17, 15) is 8.42 Å². The molecule has 77 valence electrons. The molecule has 1 heterocycles. The fourth-order valence-electron chi connectivity index (χ4n) is 0.739. The number of sulfone groups is 1. The fraction of sp³-hybridized carbons (Fsp3) is 0.500. The molecule has 0 aliphatic rings. The van der Waals surface area contributed by atoms with Crippen molar-refractivity contribution in [1.29, 1.82) is 0 Å². The monoisotopic (exact) mass is 215 g/mol. The Hall–Kier alpha value is -1.17. The summed E-state index contributed by atoms with van der Waals surface area (Å²) in [6.07, 6.45) is 2.60. The van der Waals surface area contributed by atoms with E-state index in [4.69, 9.17) is 4.74 Å². The predicted molar refractivity (Wildman–Crippen MR) is 50.8 cm³/mol. The first-order valence-electron chi connectivity index (χ1n) is 3.99. The van der Waals surface area contributed by atoms with E-state index in [1.807, 2.05) is 0 Å². The molecule has 1 radical (unpaired) electrons. The number of nitrogens with zero attached hydrogens (tertiary/aromatic N) is 2. The Bertz CT molecular complexity index is 403. The molecule has 14 heavy (non-hydrogen) atoms. The van der Waals surface area contributed by atoms with Gasteiger partial charge in [0.2, 0.25) is 0 Å². The number of aryl methyl sites for hydroxylation is 1. The van der Waals surface area contributed by atoms with Gasteiger partial charge in [-0.05, 0) is 6.92 Å². The third kappa shape index (κ3) is 4.18. The first kappa shape index (κ1) is 10.9. The summed E-state index contributed by atoms with van der Waals surface area (Å²) in [4.78, 5) is 7.68. The lowest BCUT2D eigenvalue weighted by Gasteiger charge is -2.02. The SMILES string of the molecule is Cc1[c]cnc(OCCS(C)(=O)=O)n1. The third-order valence-corrected chi connectivity index (χ3v) is 2.31. The average molecular weight is 215 g/mol. The van der Waals surface area contributed by atoms with Gasteiger partial charge in [0.15, 0.2) is 9.84 Å². The van der Waals surface area contributed by atoms with E-state index in [2.05, 4.69) is 16.0 Å². The van der Waals surface area contributed by atoms with Gasteiger partial charge >= 0.3 is 6.01 Å². The van der Waals surface area contributed by atoms with Crippen molar-refractivity contribution >= 4 is 9.84 Å². The van der Waals surface area contributed by atoms with Gasteiger partial charge in [0.1, 0.15) is 6.61 Å². The minimum atomic E-state index is -2.99. The summed E-state index contributed by atoms with van der Waals surface area (Å²) in [6, 6.07) is 2.94. The quantitative estimate of drug-likeness (QED) is 0.707.